The van der Waals surface area contributed by atoms with Crippen LogP contribution in [-0.4, -0.2) is 58.8 Å². The molecule has 0 radical (unpaired) electrons. The first-order valence-electron chi connectivity index (χ1n) is 11.4. The predicted molar refractivity (Wildman–Crippen MR) is 117 cm³/mol. The van der Waals surface area contributed by atoms with E-state index in [4.69, 9.17) is 4.74 Å². The second-order valence-electron chi connectivity index (χ2n) is 9.82. The van der Waals surface area contributed by atoms with Crippen LogP contribution in [0.15, 0.2) is 18.2 Å². The summed E-state index contributed by atoms with van der Waals surface area (Å²) < 4.78 is 6.48. The van der Waals surface area contributed by atoms with E-state index >= 15 is 0 Å². The lowest BCUT2D eigenvalue weighted by Crippen LogP contribution is -2.53. The molecule has 7 heteroatoms. The summed E-state index contributed by atoms with van der Waals surface area (Å²) in [7, 11) is 0. The van der Waals surface area contributed by atoms with Crippen molar-refractivity contribution in [2.45, 2.75) is 78.1 Å². The quantitative estimate of drug-likeness (QED) is 0.731. The summed E-state index contributed by atoms with van der Waals surface area (Å²) in [6.07, 6.45) is 2.89. The van der Waals surface area contributed by atoms with Crippen LogP contribution in [0.2, 0.25) is 0 Å². The SMILES string of the molecule is CC[C@H](C)N1CCC(C)(C)[C@@H](Oc2ccc3c(c2)CN(C2CCC(=O)NC2=O)C3=O)C1. The average molecular weight is 428 g/mol. The van der Waals surface area contributed by atoms with E-state index in [1.807, 2.05) is 12.1 Å². The Hall–Kier alpha value is -2.41. The highest BCUT2D eigenvalue weighted by atomic mass is 16.5. The Morgan fingerprint density at radius 2 is 2.03 bits per heavy atom. The number of benzene rings is 1. The minimum absolute atomic E-state index is 0.0663. The van der Waals surface area contributed by atoms with Gasteiger partial charge in [-0.1, -0.05) is 20.8 Å². The molecular formula is C24H33N3O4. The molecule has 168 valence electrons. The molecule has 0 spiro atoms. The van der Waals surface area contributed by atoms with Crippen LogP contribution in [-0.2, 0) is 16.1 Å². The van der Waals surface area contributed by atoms with E-state index in [0.29, 0.717) is 24.6 Å². The number of hydrogen-bond donors (Lipinski definition) is 1. The van der Waals surface area contributed by atoms with Gasteiger partial charge in [0.2, 0.25) is 11.8 Å². The zero-order valence-electron chi connectivity index (χ0n) is 18.9. The third-order valence-corrected chi connectivity index (χ3v) is 7.30. The van der Waals surface area contributed by atoms with Crippen LogP contribution in [0.25, 0.3) is 0 Å². The van der Waals surface area contributed by atoms with E-state index in [-0.39, 0.29) is 35.7 Å². The lowest BCUT2D eigenvalue weighted by atomic mass is 9.79. The molecule has 2 fully saturated rings. The highest BCUT2D eigenvalue weighted by Crippen LogP contribution is 2.36. The Balaban J connectivity index is 1.49. The third-order valence-electron chi connectivity index (χ3n) is 7.30. The molecule has 0 aliphatic carbocycles. The standard InChI is InChI=1S/C24H33N3O4/c1-5-15(2)26-11-10-24(3,4)20(14-26)31-17-6-7-18-16(12-17)13-27(23(18)30)19-8-9-21(28)25-22(19)29/h6-7,12,15,19-20H,5,8-11,13-14H2,1-4H3,(H,25,28,29)/t15-,19?,20-/m0/s1. The third kappa shape index (κ3) is 4.20. The van der Waals surface area contributed by atoms with Crippen LogP contribution in [0.5, 0.6) is 5.75 Å². The van der Waals surface area contributed by atoms with Crippen molar-refractivity contribution in [2.75, 3.05) is 13.1 Å². The van der Waals surface area contributed by atoms with Gasteiger partial charge >= 0.3 is 0 Å². The average Bonchev–Trinajstić information content (AvgIpc) is 3.04. The maximum Gasteiger partial charge on any atom is 0.255 e. The van der Waals surface area contributed by atoms with Crippen LogP contribution in [0.4, 0.5) is 0 Å². The minimum atomic E-state index is -0.594. The molecule has 31 heavy (non-hydrogen) atoms. The van der Waals surface area contributed by atoms with Crippen molar-refractivity contribution in [3.05, 3.63) is 29.3 Å². The van der Waals surface area contributed by atoms with Gasteiger partial charge in [-0.2, -0.15) is 0 Å². The second kappa shape index (κ2) is 8.26. The Morgan fingerprint density at radius 3 is 2.74 bits per heavy atom. The van der Waals surface area contributed by atoms with Crippen molar-refractivity contribution in [1.82, 2.24) is 15.1 Å². The fourth-order valence-corrected chi connectivity index (χ4v) is 4.79. The van der Waals surface area contributed by atoms with Crippen LogP contribution in [0.1, 0.15) is 69.3 Å². The Bertz CT molecular complexity index is 897. The molecule has 1 aromatic carbocycles. The molecule has 3 atom stereocenters. The Morgan fingerprint density at radius 1 is 1.26 bits per heavy atom. The molecule has 0 saturated carbocycles. The van der Waals surface area contributed by atoms with E-state index in [1.165, 1.54) is 0 Å². The van der Waals surface area contributed by atoms with Gasteiger partial charge in [0.25, 0.3) is 5.91 Å². The molecule has 1 unspecified atom stereocenters. The lowest BCUT2D eigenvalue weighted by molar-refractivity contribution is -0.136. The van der Waals surface area contributed by atoms with Gasteiger partial charge in [-0.05, 0) is 56.5 Å². The van der Waals surface area contributed by atoms with Gasteiger partial charge in [0.05, 0.1) is 0 Å². The molecule has 3 amide bonds. The molecule has 7 nitrogen and oxygen atoms in total. The topological polar surface area (TPSA) is 79.0 Å². The zero-order chi connectivity index (χ0) is 22.3. The summed E-state index contributed by atoms with van der Waals surface area (Å²) in [5.74, 6) is -0.0525. The summed E-state index contributed by atoms with van der Waals surface area (Å²) in [5.41, 5.74) is 1.55. The number of nitrogens with one attached hydrogen (secondary N) is 1. The fraction of sp³-hybridized carbons (Fsp3) is 0.625. The highest BCUT2D eigenvalue weighted by molar-refractivity contribution is 6.05. The Kier molecular flexibility index (Phi) is 5.81. The van der Waals surface area contributed by atoms with Gasteiger partial charge in [-0.3, -0.25) is 24.6 Å². The second-order valence-corrected chi connectivity index (χ2v) is 9.82. The smallest absolute Gasteiger partial charge is 0.255 e. The largest absolute Gasteiger partial charge is 0.489 e. The summed E-state index contributed by atoms with van der Waals surface area (Å²) in [6.45, 7) is 11.3. The Labute approximate surface area is 184 Å². The first-order valence-corrected chi connectivity index (χ1v) is 11.4. The number of imide groups is 1. The number of piperidine rings is 2. The molecule has 1 N–H and O–H groups in total. The zero-order valence-corrected chi connectivity index (χ0v) is 18.9. The highest BCUT2D eigenvalue weighted by Gasteiger charge is 2.40. The van der Waals surface area contributed by atoms with Gasteiger partial charge in [0, 0.05) is 36.5 Å². The van der Waals surface area contributed by atoms with E-state index in [0.717, 1.165) is 37.2 Å². The molecule has 3 aliphatic heterocycles. The van der Waals surface area contributed by atoms with Gasteiger partial charge in [0.15, 0.2) is 0 Å². The lowest BCUT2D eigenvalue weighted by Gasteiger charge is -2.45. The molecule has 3 heterocycles. The number of fused-ring (bicyclic) bond motifs is 1. The van der Waals surface area contributed by atoms with Crippen molar-refractivity contribution < 1.29 is 19.1 Å². The number of carbonyl (C=O) groups excluding carboxylic acids is 3. The van der Waals surface area contributed by atoms with Crippen molar-refractivity contribution >= 4 is 17.7 Å². The van der Waals surface area contributed by atoms with E-state index in [2.05, 4.69) is 37.9 Å². The molecule has 4 rings (SSSR count). The number of amides is 3. The number of likely N-dealkylation sites (tertiary alicyclic amines) is 1. The number of carbonyl (C=O) groups is 3. The van der Waals surface area contributed by atoms with E-state index in [1.54, 1.807) is 11.0 Å². The van der Waals surface area contributed by atoms with Gasteiger partial charge < -0.3 is 9.64 Å². The minimum Gasteiger partial charge on any atom is -0.489 e. The molecule has 3 aliphatic rings. The van der Waals surface area contributed by atoms with Crippen LogP contribution in [0.3, 0.4) is 0 Å². The van der Waals surface area contributed by atoms with Crippen molar-refractivity contribution in [3.63, 3.8) is 0 Å². The van der Waals surface area contributed by atoms with Crippen molar-refractivity contribution in [1.29, 1.82) is 0 Å². The summed E-state index contributed by atoms with van der Waals surface area (Å²) in [5, 5.41) is 2.35. The number of ether oxygens (including phenoxy) is 1. The van der Waals surface area contributed by atoms with Gasteiger partial charge in [-0.15, -0.1) is 0 Å². The first kappa shape index (κ1) is 21.8. The first-order chi connectivity index (χ1) is 14.7. The predicted octanol–water partition coefficient (Wildman–Crippen LogP) is 2.73. The van der Waals surface area contributed by atoms with Crippen LogP contribution in [0, 0.1) is 5.41 Å². The number of nitrogens with zero attached hydrogens (tertiary/aromatic N) is 2. The molecule has 0 bridgehead atoms. The molecular weight excluding hydrogens is 394 g/mol. The fourth-order valence-electron chi connectivity index (χ4n) is 4.79. The summed E-state index contributed by atoms with van der Waals surface area (Å²) >= 11 is 0. The maximum absolute atomic E-state index is 12.9. The van der Waals surface area contributed by atoms with Gasteiger partial charge in [-0.25, -0.2) is 0 Å². The van der Waals surface area contributed by atoms with Crippen LogP contribution >= 0.6 is 0 Å². The van der Waals surface area contributed by atoms with E-state index in [9.17, 15) is 14.4 Å². The monoisotopic (exact) mass is 427 g/mol. The van der Waals surface area contributed by atoms with Crippen LogP contribution < -0.4 is 10.1 Å². The number of rotatable bonds is 5. The van der Waals surface area contributed by atoms with E-state index < -0.39 is 6.04 Å². The van der Waals surface area contributed by atoms with Crippen molar-refractivity contribution in [2.24, 2.45) is 5.41 Å². The molecule has 2 saturated heterocycles. The van der Waals surface area contributed by atoms with Gasteiger partial charge in [0.1, 0.15) is 17.9 Å². The number of hydrogen-bond acceptors (Lipinski definition) is 5. The normalized spacial score (nSPS) is 27.1. The summed E-state index contributed by atoms with van der Waals surface area (Å²) in [4.78, 5) is 40.7. The van der Waals surface area contributed by atoms with Crippen molar-refractivity contribution in [3.8, 4) is 5.75 Å². The maximum atomic E-state index is 12.9. The molecule has 1 aromatic rings. The molecule has 0 aromatic heterocycles. The summed E-state index contributed by atoms with van der Waals surface area (Å²) in [6, 6.07) is 5.55.